The highest BCUT2D eigenvalue weighted by Gasteiger charge is 2.20. The monoisotopic (exact) mass is 468 g/mol. The minimum atomic E-state index is -0.703. The molecule has 1 aliphatic rings. The van der Waals surface area contributed by atoms with E-state index in [4.69, 9.17) is 32.5 Å². The van der Waals surface area contributed by atoms with E-state index < -0.39 is 5.91 Å². The largest absolute Gasteiger partial charge is 0.437 e. The van der Waals surface area contributed by atoms with Crippen LogP contribution >= 0.6 is 11.6 Å². The number of aromatic nitrogens is 2. The summed E-state index contributed by atoms with van der Waals surface area (Å²) in [6.07, 6.45) is 0.491. The van der Waals surface area contributed by atoms with Gasteiger partial charge in [0.15, 0.2) is 11.5 Å². The Labute approximate surface area is 196 Å². The van der Waals surface area contributed by atoms with Crippen molar-refractivity contribution in [2.45, 2.75) is 13.3 Å². The average Bonchev–Trinajstić information content (AvgIpc) is 2.80. The normalized spacial score (nSPS) is 13.6. The van der Waals surface area contributed by atoms with Gasteiger partial charge in [-0.15, -0.1) is 0 Å². The zero-order valence-electron chi connectivity index (χ0n) is 18.2. The van der Waals surface area contributed by atoms with Crippen molar-refractivity contribution in [3.05, 3.63) is 58.9 Å². The molecule has 10 heteroatoms. The summed E-state index contributed by atoms with van der Waals surface area (Å²) in [5, 5.41) is 3.67. The summed E-state index contributed by atoms with van der Waals surface area (Å²) < 4.78 is 11.3. The summed E-state index contributed by atoms with van der Waals surface area (Å²) >= 11 is 6.55. The van der Waals surface area contributed by atoms with Gasteiger partial charge in [0.25, 0.3) is 5.91 Å². The molecule has 0 atom stereocenters. The SMILES string of the molecule is CCc1nc(C(N)=O)c(Nc2ccc(N3CCOCC3)c(Cl)c2)nc1Oc1cccc(N)c1. The smallest absolute Gasteiger partial charge is 0.271 e. The van der Waals surface area contributed by atoms with Gasteiger partial charge in [-0.1, -0.05) is 24.6 Å². The topological polar surface area (TPSA) is 129 Å². The number of hydrogen-bond acceptors (Lipinski definition) is 8. The number of morpholine rings is 1. The van der Waals surface area contributed by atoms with Gasteiger partial charge in [-0.05, 0) is 36.8 Å². The van der Waals surface area contributed by atoms with Crippen LogP contribution in [0.1, 0.15) is 23.1 Å². The molecule has 3 aromatic rings. The molecule has 0 bridgehead atoms. The second kappa shape index (κ2) is 9.93. The molecule has 5 N–H and O–H groups in total. The number of carbonyl (C=O) groups is 1. The van der Waals surface area contributed by atoms with Crippen LogP contribution in [0.5, 0.6) is 11.6 Å². The summed E-state index contributed by atoms with van der Waals surface area (Å²) in [6.45, 7) is 4.75. The maximum Gasteiger partial charge on any atom is 0.271 e. The van der Waals surface area contributed by atoms with Crippen LogP contribution in [0.15, 0.2) is 42.5 Å². The summed E-state index contributed by atoms with van der Waals surface area (Å²) in [5.74, 6) is 0.237. The number of amides is 1. The number of rotatable bonds is 7. The number of nitrogens with two attached hydrogens (primary N) is 2. The highest BCUT2D eigenvalue weighted by molar-refractivity contribution is 6.33. The molecule has 2 heterocycles. The van der Waals surface area contributed by atoms with E-state index >= 15 is 0 Å². The molecule has 1 aromatic heterocycles. The van der Waals surface area contributed by atoms with Crippen molar-refractivity contribution >= 4 is 40.4 Å². The number of carbonyl (C=O) groups excluding carboxylic acids is 1. The molecule has 1 saturated heterocycles. The number of ether oxygens (including phenoxy) is 2. The average molecular weight is 469 g/mol. The molecular weight excluding hydrogens is 444 g/mol. The van der Waals surface area contributed by atoms with Gasteiger partial charge in [0.1, 0.15) is 11.4 Å². The van der Waals surface area contributed by atoms with Gasteiger partial charge in [0, 0.05) is 30.5 Å². The Morgan fingerprint density at radius 3 is 2.67 bits per heavy atom. The first-order chi connectivity index (χ1) is 15.9. The number of nitrogens with zero attached hydrogens (tertiary/aromatic N) is 3. The molecule has 0 aliphatic carbocycles. The molecule has 0 unspecified atom stereocenters. The third-order valence-corrected chi connectivity index (χ3v) is 5.44. The first-order valence-corrected chi connectivity index (χ1v) is 11.0. The van der Waals surface area contributed by atoms with Crippen molar-refractivity contribution in [2.75, 3.05) is 42.3 Å². The third-order valence-electron chi connectivity index (χ3n) is 5.13. The van der Waals surface area contributed by atoms with Crippen LogP contribution in [0.3, 0.4) is 0 Å². The molecule has 0 saturated carbocycles. The Balaban J connectivity index is 1.65. The highest BCUT2D eigenvalue weighted by Crippen LogP contribution is 2.32. The van der Waals surface area contributed by atoms with E-state index in [0.29, 0.717) is 47.5 Å². The van der Waals surface area contributed by atoms with Crippen molar-refractivity contribution in [1.82, 2.24) is 9.97 Å². The van der Waals surface area contributed by atoms with Crippen LogP contribution in [0.4, 0.5) is 22.9 Å². The standard InChI is InChI=1S/C23H25ClN6O3/c1-2-18-23(33-16-5-3-4-14(25)12-16)29-22(20(28-18)21(26)31)27-15-6-7-19(17(24)13-15)30-8-10-32-11-9-30/h3-7,12-13H,2,8-11,25H2,1H3,(H2,26,31)(H,27,29). The number of aryl methyl sites for hydroxylation is 1. The molecular formula is C23H25ClN6O3. The first-order valence-electron chi connectivity index (χ1n) is 10.6. The number of nitrogens with one attached hydrogen (secondary N) is 1. The zero-order valence-corrected chi connectivity index (χ0v) is 18.9. The van der Waals surface area contributed by atoms with E-state index in [-0.39, 0.29) is 17.4 Å². The minimum Gasteiger partial charge on any atom is -0.437 e. The lowest BCUT2D eigenvalue weighted by molar-refractivity contribution is 0.0996. The quantitative estimate of drug-likeness (QED) is 0.447. The molecule has 9 nitrogen and oxygen atoms in total. The molecule has 1 amide bonds. The van der Waals surface area contributed by atoms with Crippen molar-refractivity contribution < 1.29 is 14.3 Å². The van der Waals surface area contributed by atoms with E-state index in [0.717, 1.165) is 18.8 Å². The Bertz CT molecular complexity index is 1170. The second-order valence-corrected chi connectivity index (χ2v) is 7.86. The fourth-order valence-corrected chi connectivity index (χ4v) is 3.80. The summed E-state index contributed by atoms with van der Waals surface area (Å²) in [4.78, 5) is 23.2. The number of anilines is 4. The second-order valence-electron chi connectivity index (χ2n) is 7.46. The lowest BCUT2D eigenvalue weighted by Crippen LogP contribution is -2.36. The number of halogens is 1. The van der Waals surface area contributed by atoms with E-state index in [2.05, 4.69) is 20.2 Å². The van der Waals surface area contributed by atoms with Gasteiger partial charge in [-0.2, -0.15) is 4.98 Å². The van der Waals surface area contributed by atoms with E-state index in [1.807, 2.05) is 19.1 Å². The van der Waals surface area contributed by atoms with Gasteiger partial charge < -0.3 is 31.2 Å². The van der Waals surface area contributed by atoms with Crippen molar-refractivity contribution in [3.63, 3.8) is 0 Å². The maximum atomic E-state index is 12.1. The van der Waals surface area contributed by atoms with Crippen molar-refractivity contribution in [3.8, 4) is 11.6 Å². The lowest BCUT2D eigenvalue weighted by Gasteiger charge is -2.29. The zero-order chi connectivity index (χ0) is 23.4. The van der Waals surface area contributed by atoms with Gasteiger partial charge >= 0.3 is 0 Å². The molecule has 1 fully saturated rings. The predicted octanol–water partition coefficient (Wildman–Crippen LogP) is 3.75. The lowest BCUT2D eigenvalue weighted by atomic mass is 10.2. The van der Waals surface area contributed by atoms with Gasteiger partial charge in [-0.3, -0.25) is 4.79 Å². The Morgan fingerprint density at radius 2 is 2.00 bits per heavy atom. The first kappa shape index (κ1) is 22.6. The van der Waals surface area contributed by atoms with Crippen molar-refractivity contribution in [2.24, 2.45) is 5.73 Å². The summed E-state index contributed by atoms with van der Waals surface area (Å²) in [6, 6.07) is 12.5. The Morgan fingerprint density at radius 1 is 1.21 bits per heavy atom. The molecule has 4 rings (SSSR count). The molecule has 2 aromatic carbocycles. The predicted molar refractivity (Wildman–Crippen MR) is 129 cm³/mol. The van der Waals surface area contributed by atoms with Gasteiger partial charge in [0.05, 0.1) is 23.9 Å². The molecule has 0 radical (unpaired) electrons. The third kappa shape index (κ3) is 5.27. The van der Waals surface area contributed by atoms with Crippen molar-refractivity contribution in [1.29, 1.82) is 0 Å². The van der Waals surface area contributed by atoms with E-state index in [1.165, 1.54) is 0 Å². The van der Waals surface area contributed by atoms with E-state index in [1.54, 1.807) is 30.3 Å². The minimum absolute atomic E-state index is 0.0140. The molecule has 1 aliphatic heterocycles. The number of benzene rings is 2. The van der Waals surface area contributed by atoms with Crippen LogP contribution in [0.25, 0.3) is 0 Å². The molecule has 0 spiro atoms. The van der Waals surface area contributed by atoms with Crippen LogP contribution in [-0.2, 0) is 11.2 Å². The summed E-state index contributed by atoms with van der Waals surface area (Å²) in [7, 11) is 0. The number of nitrogen functional groups attached to an aromatic ring is 1. The van der Waals surface area contributed by atoms with Gasteiger partial charge in [0.2, 0.25) is 5.88 Å². The van der Waals surface area contributed by atoms with E-state index in [9.17, 15) is 4.79 Å². The Kier molecular flexibility index (Phi) is 6.81. The van der Waals surface area contributed by atoms with Gasteiger partial charge in [-0.25, -0.2) is 4.98 Å². The Hall–Kier alpha value is -3.56. The summed E-state index contributed by atoms with van der Waals surface area (Å²) in [5.41, 5.74) is 14.0. The fourth-order valence-electron chi connectivity index (χ4n) is 3.50. The fraction of sp³-hybridized carbons (Fsp3) is 0.261. The van der Waals surface area contributed by atoms with Crippen LogP contribution in [0, 0.1) is 0 Å². The van der Waals surface area contributed by atoms with Crippen LogP contribution in [0.2, 0.25) is 5.02 Å². The molecule has 33 heavy (non-hydrogen) atoms. The van der Waals surface area contributed by atoms with Crippen LogP contribution in [-0.4, -0.2) is 42.2 Å². The maximum absolute atomic E-state index is 12.1. The van der Waals surface area contributed by atoms with Crippen LogP contribution < -0.4 is 26.4 Å². The number of primary amides is 1. The number of hydrogen-bond donors (Lipinski definition) is 3. The molecule has 172 valence electrons. The highest BCUT2D eigenvalue weighted by atomic mass is 35.5.